The van der Waals surface area contributed by atoms with Crippen molar-refractivity contribution >= 4 is 46.1 Å². The van der Waals surface area contributed by atoms with Crippen molar-refractivity contribution < 1.29 is 21.8 Å². The monoisotopic (exact) mass is 208 g/mol. The second kappa shape index (κ2) is 6.04. The number of halogens is 1. The van der Waals surface area contributed by atoms with E-state index in [1.807, 2.05) is 0 Å². The fourth-order valence-corrected chi connectivity index (χ4v) is 0. The Labute approximate surface area is 86.4 Å². The van der Waals surface area contributed by atoms with Gasteiger partial charge >= 0.3 is 37.7 Å². The van der Waals surface area contributed by atoms with Crippen LogP contribution < -0.4 is 21.8 Å². The SMILES string of the molecule is C[Si](C)(C)[O-].[Br-].[Ca+2]. The van der Waals surface area contributed by atoms with Gasteiger partial charge in [-0.25, -0.2) is 0 Å². The fourth-order valence-electron chi connectivity index (χ4n) is 0. The van der Waals surface area contributed by atoms with Crippen LogP contribution in [0.5, 0.6) is 0 Å². The molecule has 0 saturated carbocycles. The molecule has 0 atom stereocenters. The molecule has 40 valence electrons. The van der Waals surface area contributed by atoms with Crippen molar-refractivity contribution in [1.82, 2.24) is 0 Å². The Hall–Kier alpha value is 1.92. The van der Waals surface area contributed by atoms with Gasteiger partial charge in [0.25, 0.3) is 0 Å². The summed E-state index contributed by atoms with van der Waals surface area (Å²) in [6, 6.07) is 0. The summed E-state index contributed by atoms with van der Waals surface area (Å²) in [5.41, 5.74) is 0. The van der Waals surface area contributed by atoms with Gasteiger partial charge in [-0.3, -0.25) is 0 Å². The smallest absolute Gasteiger partial charge is 1.00 e. The van der Waals surface area contributed by atoms with E-state index in [0.29, 0.717) is 0 Å². The third-order valence-electron chi connectivity index (χ3n) is 0. The van der Waals surface area contributed by atoms with Crippen LogP contribution in [0.15, 0.2) is 0 Å². The quantitative estimate of drug-likeness (QED) is 0.385. The third kappa shape index (κ3) is 75.4. The molecular weight excluding hydrogens is 200 g/mol. The fraction of sp³-hybridized carbons (Fsp3) is 1.00. The summed E-state index contributed by atoms with van der Waals surface area (Å²) in [5, 5.41) is 0. The van der Waals surface area contributed by atoms with E-state index in [1.54, 1.807) is 19.6 Å². The molecule has 0 aromatic rings. The van der Waals surface area contributed by atoms with Crippen molar-refractivity contribution in [3.8, 4) is 0 Å². The molecule has 1 nitrogen and oxygen atoms in total. The molecule has 0 amide bonds. The van der Waals surface area contributed by atoms with Crippen LogP contribution >= 0.6 is 0 Å². The minimum atomic E-state index is -1.86. The van der Waals surface area contributed by atoms with Gasteiger partial charge in [-0.2, -0.15) is 0 Å². The molecule has 7 heavy (non-hydrogen) atoms. The van der Waals surface area contributed by atoms with Crippen molar-refractivity contribution in [2.75, 3.05) is 0 Å². The summed E-state index contributed by atoms with van der Waals surface area (Å²) < 4.78 is 0. The average molecular weight is 209 g/mol. The Balaban J connectivity index is -0.0000000800. The zero-order valence-electron chi connectivity index (χ0n) is 4.99. The van der Waals surface area contributed by atoms with E-state index in [9.17, 15) is 4.80 Å². The van der Waals surface area contributed by atoms with E-state index in [1.165, 1.54) is 0 Å². The van der Waals surface area contributed by atoms with Crippen LogP contribution in [0.25, 0.3) is 0 Å². The van der Waals surface area contributed by atoms with Crippen molar-refractivity contribution in [2.24, 2.45) is 0 Å². The van der Waals surface area contributed by atoms with Gasteiger partial charge in [-0.15, -0.1) is 0 Å². The van der Waals surface area contributed by atoms with E-state index in [2.05, 4.69) is 0 Å². The predicted octanol–water partition coefficient (Wildman–Crippen LogP) is -3.20. The van der Waals surface area contributed by atoms with E-state index in [0.717, 1.165) is 0 Å². The molecule has 0 fully saturated rings. The zero-order valence-corrected chi connectivity index (χ0v) is 9.79. The van der Waals surface area contributed by atoms with Gasteiger partial charge in [-0.1, -0.05) is 28.0 Å². The molecule has 0 spiro atoms. The van der Waals surface area contributed by atoms with E-state index >= 15 is 0 Å². The van der Waals surface area contributed by atoms with Gasteiger partial charge in [0.15, 0.2) is 0 Å². The van der Waals surface area contributed by atoms with Crippen LogP contribution in [0.1, 0.15) is 0 Å². The summed E-state index contributed by atoms with van der Waals surface area (Å²) in [6.07, 6.45) is 0. The van der Waals surface area contributed by atoms with E-state index in [4.69, 9.17) is 0 Å². The summed E-state index contributed by atoms with van der Waals surface area (Å²) in [6.45, 7) is 5.31. The standard InChI is InChI=1S/C3H9OSi.BrH.Ca/c1-5(2,3)4;;/h1-3H3;1H;/q-1;;+2/p-1. The minimum absolute atomic E-state index is 0. The van der Waals surface area contributed by atoms with E-state index < -0.39 is 8.32 Å². The first kappa shape index (κ1) is 16.0. The molecule has 0 bridgehead atoms. The maximum absolute atomic E-state index is 10.2. The molecule has 0 aliphatic heterocycles. The molecule has 0 unspecified atom stereocenters. The molecule has 0 aromatic heterocycles. The van der Waals surface area contributed by atoms with Crippen molar-refractivity contribution in [2.45, 2.75) is 19.6 Å². The first-order valence-electron chi connectivity index (χ1n) is 1.70. The molecule has 0 N–H and O–H groups in total. The first-order chi connectivity index (χ1) is 2.00. The summed E-state index contributed by atoms with van der Waals surface area (Å²) >= 11 is 0. The van der Waals surface area contributed by atoms with Crippen molar-refractivity contribution in [3.63, 3.8) is 0 Å². The van der Waals surface area contributed by atoms with E-state index in [-0.39, 0.29) is 54.7 Å². The number of rotatable bonds is 0. The van der Waals surface area contributed by atoms with Crippen LogP contribution in [-0.4, -0.2) is 46.1 Å². The second-order valence-electron chi connectivity index (χ2n) is 2.11. The molecule has 0 heterocycles. The Bertz CT molecular complexity index is 30.4. The van der Waals surface area contributed by atoms with Gasteiger partial charge in [0.2, 0.25) is 0 Å². The van der Waals surface area contributed by atoms with Gasteiger partial charge in [0, 0.05) is 0 Å². The largest absolute Gasteiger partial charge is 2.00 e. The topological polar surface area (TPSA) is 23.1 Å². The predicted molar refractivity (Wildman–Crippen MR) is 29.1 cm³/mol. The van der Waals surface area contributed by atoms with Gasteiger partial charge in [0.05, 0.1) is 0 Å². The van der Waals surface area contributed by atoms with Crippen LogP contribution in [0.4, 0.5) is 0 Å². The molecule has 4 heteroatoms. The maximum Gasteiger partial charge on any atom is 2.00 e. The molecule has 0 saturated heterocycles. The second-order valence-corrected chi connectivity index (χ2v) is 6.34. The summed E-state index contributed by atoms with van der Waals surface area (Å²) in [7, 11) is -1.86. The normalized spacial score (nSPS) is 8.57. The minimum Gasteiger partial charge on any atom is -1.00 e. The molecule has 0 aliphatic carbocycles. The van der Waals surface area contributed by atoms with Crippen LogP contribution in [-0.2, 0) is 0 Å². The average Bonchev–Trinajstić information content (AvgIpc) is 0.722. The summed E-state index contributed by atoms with van der Waals surface area (Å²) in [4.78, 5) is 10.2. The molecular formula is C3H9BrCaOSi. The maximum atomic E-state index is 10.2. The number of hydrogen-bond acceptors (Lipinski definition) is 1. The molecule has 0 rings (SSSR count). The van der Waals surface area contributed by atoms with Crippen LogP contribution in [0.2, 0.25) is 19.6 Å². The molecule has 0 aromatic carbocycles. The zero-order chi connectivity index (χ0) is 4.50. The Kier molecular flexibility index (Phi) is 13.8. The number of hydrogen-bond donors (Lipinski definition) is 0. The van der Waals surface area contributed by atoms with Crippen LogP contribution in [0.3, 0.4) is 0 Å². The summed E-state index contributed by atoms with van der Waals surface area (Å²) in [5.74, 6) is 0. The Morgan fingerprint density at radius 1 is 1.14 bits per heavy atom. The van der Waals surface area contributed by atoms with Crippen molar-refractivity contribution in [3.05, 3.63) is 0 Å². The van der Waals surface area contributed by atoms with Crippen molar-refractivity contribution in [1.29, 1.82) is 0 Å². The Morgan fingerprint density at radius 3 is 1.14 bits per heavy atom. The molecule has 0 aliphatic rings. The Morgan fingerprint density at radius 2 is 1.14 bits per heavy atom. The van der Waals surface area contributed by atoms with Crippen LogP contribution in [0, 0.1) is 0 Å². The van der Waals surface area contributed by atoms with Gasteiger partial charge < -0.3 is 21.8 Å². The first-order valence-corrected chi connectivity index (χ1v) is 5.11. The molecule has 0 radical (unpaired) electrons. The van der Waals surface area contributed by atoms with Gasteiger partial charge in [-0.05, 0) is 0 Å². The third-order valence-corrected chi connectivity index (χ3v) is 0. The van der Waals surface area contributed by atoms with Gasteiger partial charge in [0.1, 0.15) is 0 Å².